The third kappa shape index (κ3) is 2.81. The van der Waals surface area contributed by atoms with Crippen LogP contribution in [-0.4, -0.2) is 49.2 Å². The largest absolute Gasteiger partial charge is 0.507 e. The van der Waals surface area contributed by atoms with Crippen LogP contribution in [0, 0.1) is 0 Å². The number of rotatable bonds is 4. The van der Waals surface area contributed by atoms with E-state index >= 15 is 0 Å². The number of hydrogen-bond donors (Lipinski definition) is 2. The molecule has 1 aliphatic rings. The van der Waals surface area contributed by atoms with E-state index in [0.717, 1.165) is 25.9 Å². The summed E-state index contributed by atoms with van der Waals surface area (Å²) in [7, 11) is 3.41. The van der Waals surface area contributed by atoms with Crippen LogP contribution in [0.5, 0.6) is 11.5 Å². The SMILES string of the molecule is CNCC1CCCN1C(=O)c1ccc(OC)cc1O. The van der Waals surface area contributed by atoms with Gasteiger partial charge in [-0.25, -0.2) is 0 Å². The lowest BCUT2D eigenvalue weighted by molar-refractivity contribution is 0.0734. The Kier molecular flexibility index (Phi) is 4.27. The zero-order valence-corrected chi connectivity index (χ0v) is 11.3. The lowest BCUT2D eigenvalue weighted by Crippen LogP contribution is -2.40. The maximum Gasteiger partial charge on any atom is 0.257 e. The van der Waals surface area contributed by atoms with Gasteiger partial charge in [0, 0.05) is 25.2 Å². The smallest absolute Gasteiger partial charge is 0.257 e. The minimum atomic E-state index is -0.113. The molecule has 0 aliphatic carbocycles. The Morgan fingerprint density at radius 3 is 3.00 bits per heavy atom. The van der Waals surface area contributed by atoms with E-state index < -0.39 is 0 Å². The fourth-order valence-corrected chi connectivity index (χ4v) is 2.52. The van der Waals surface area contributed by atoms with E-state index in [1.54, 1.807) is 12.1 Å². The van der Waals surface area contributed by atoms with E-state index in [1.807, 2.05) is 11.9 Å². The van der Waals surface area contributed by atoms with Crippen LogP contribution in [0.3, 0.4) is 0 Å². The fourth-order valence-electron chi connectivity index (χ4n) is 2.52. The molecule has 1 amide bonds. The summed E-state index contributed by atoms with van der Waals surface area (Å²) in [5.74, 6) is 0.402. The van der Waals surface area contributed by atoms with Gasteiger partial charge in [-0.15, -0.1) is 0 Å². The molecule has 1 unspecified atom stereocenters. The van der Waals surface area contributed by atoms with E-state index in [4.69, 9.17) is 4.74 Å². The van der Waals surface area contributed by atoms with Crippen molar-refractivity contribution >= 4 is 5.91 Å². The van der Waals surface area contributed by atoms with Gasteiger partial charge in [0.15, 0.2) is 0 Å². The maximum absolute atomic E-state index is 12.4. The molecule has 1 saturated heterocycles. The Morgan fingerprint density at radius 1 is 1.58 bits per heavy atom. The molecule has 0 spiro atoms. The molecule has 1 aliphatic heterocycles. The molecule has 0 bridgehead atoms. The second-order valence-corrected chi connectivity index (χ2v) is 4.74. The Morgan fingerprint density at radius 2 is 2.37 bits per heavy atom. The average molecular weight is 264 g/mol. The number of aromatic hydroxyl groups is 1. The van der Waals surface area contributed by atoms with Crippen molar-refractivity contribution in [3.8, 4) is 11.5 Å². The number of nitrogens with one attached hydrogen (secondary N) is 1. The third-order valence-electron chi connectivity index (χ3n) is 3.51. The predicted molar refractivity (Wildman–Crippen MR) is 72.6 cm³/mol. The Balaban J connectivity index is 2.19. The average Bonchev–Trinajstić information content (AvgIpc) is 2.86. The summed E-state index contributed by atoms with van der Waals surface area (Å²) in [6, 6.07) is 4.98. The van der Waals surface area contributed by atoms with Gasteiger partial charge < -0.3 is 20.1 Å². The summed E-state index contributed by atoms with van der Waals surface area (Å²) >= 11 is 0. The highest BCUT2D eigenvalue weighted by Crippen LogP contribution is 2.27. The Labute approximate surface area is 113 Å². The zero-order chi connectivity index (χ0) is 13.8. The molecule has 0 saturated carbocycles. The fraction of sp³-hybridized carbons (Fsp3) is 0.500. The van der Waals surface area contributed by atoms with E-state index in [-0.39, 0.29) is 17.7 Å². The molecule has 2 N–H and O–H groups in total. The summed E-state index contributed by atoms with van der Waals surface area (Å²) in [5.41, 5.74) is 0.337. The lowest BCUT2D eigenvalue weighted by atomic mass is 10.1. The molecule has 104 valence electrons. The van der Waals surface area contributed by atoms with E-state index in [9.17, 15) is 9.90 Å². The molecule has 1 aromatic rings. The first kappa shape index (κ1) is 13.7. The van der Waals surface area contributed by atoms with Crippen LogP contribution in [0.4, 0.5) is 0 Å². The molecule has 19 heavy (non-hydrogen) atoms. The first-order chi connectivity index (χ1) is 9.17. The summed E-state index contributed by atoms with van der Waals surface area (Å²) in [6.45, 7) is 1.53. The van der Waals surface area contributed by atoms with Gasteiger partial charge in [-0.1, -0.05) is 0 Å². The first-order valence-corrected chi connectivity index (χ1v) is 6.50. The van der Waals surface area contributed by atoms with Crippen molar-refractivity contribution in [3.63, 3.8) is 0 Å². The van der Waals surface area contributed by atoms with Crippen LogP contribution in [0.2, 0.25) is 0 Å². The quantitative estimate of drug-likeness (QED) is 0.858. The van der Waals surface area contributed by atoms with Gasteiger partial charge in [0.05, 0.1) is 12.7 Å². The van der Waals surface area contributed by atoms with Crippen molar-refractivity contribution in [2.75, 3.05) is 27.2 Å². The second-order valence-electron chi connectivity index (χ2n) is 4.74. The van der Waals surface area contributed by atoms with Gasteiger partial charge >= 0.3 is 0 Å². The molecule has 5 nitrogen and oxygen atoms in total. The van der Waals surface area contributed by atoms with E-state index in [1.165, 1.54) is 13.2 Å². The number of nitrogens with zero attached hydrogens (tertiary/aromatic N) is 1. The highest BCUT2D eigenvalue weighted by Gasteiger charge is 2.30. The van der Waals surface area contributed by atoms with E-state index in [2.05, 4.69) is 5.32 Å². The van der Waals surface area contributed by atoms with Crippen molar-refractivity contribution in [1.82, 2.24) is 10.2 Å². The number of phenols is 1. The number of likely N-dealkylation sites (tertiary alicyclic amines) is 1. The molecular weight excluding hydrogens is 244 g/mol. The molecule has 1 aromatic carbocycles. The van der Waals surface area contributed by atoms with Crippen LogP contribution in [0.1, 0.15) is 23.2 Å². The topological polar surface area (TPSA) is 61.8 Å². The number of ether oxygens (including phenoxy) is 1. The molecule has 0 aromatic heterocycles. The van der Waals surface area contributed by atoms with Gasteiger partial charge in [0.25, 0.3) is 5.91 Å². The van der Waals surface area contributed by atoms with Crippen molar-refractivity contribution in [2.24, 2.45) is 0 Å². The van der Waals surface area contributed by atoms with Gasteiger partial charge in [0.2, 0.25) is 0 Å². The first-order valence-electron chi connectivity index (χ1n) is 6.50. The van der Waals surface area contributed by atoms with E-state index in [0.29, 0.717) is 11.3 Å². The standard InChI is InChI=1S/C14H20N2O3/c1-15-9-10-4-3-7-16(10)14(18)12-6-5-11(19-2)8-13(12)17/h5-6,8,10,15,17H,3-4,7,9H2,1-2H3. The molecule has 1 fully saturated rings. The highest BCUT2D eigenvalue weighted by atomic mass is 16.5. The molecular formula is C14H20N2O3. The number of hydrogen-bond acceptors (Lipinski definition) is 4. The summed E-state index contributed by atoms with van der Waals surface area (Å²) in [5, 5.41) is 13.0. The number of benzene rings is 1. The number of phenolic OH excluding ortho intramolecular Hbond substituents is 1. The third-order valence-corrected chi connectivity index (χ3v) is 3.51. The number of carbonyl (C=O) groups excluding carboxylic acids is 1. The zero-order valence-electron chi connectivity index (χ0n) is 11.3. The normalized spacial score (nSPS) is 18.6. The summed E-state index contributed by atoms with van der Waals surface area (Å²) in [6.07, 6.45) is 2.01. The molecule has 1 atom stereocenters. The molecule has 1 heterocycles. The predicted octanol–water partition coefficient (Wildman–Crippen LogP) is 1.22. The number of likely N-dealkylation sites (N-methyl/N-ethyl adjacent to an activating group) is 1. The van der Waals surface area contributed by atoms with Crippen LogP contribution in [-0.2, 0) is 0 Å². The van der Waals surface area contributed by atoms with Crippen molar-refractivity contribution in [1.29, 1.82) is 0 Å². The van der Waals surface area contributed by atoms with Gasteiger partial charge in [-0.2, -0.15) is 0 Å². The van der Waals surface area contributed by atoms with Gasteiger partial charge in [0.1, 0.15) is 11.5 Å². The van der Waals surface area contributed by atoms with Crippen molar-refractivity contribution in [2.45, 2.75) is 18.9 Å². The van der Waals surface area contributed by atoms with Crippen molar-refractivity contribution in [3.05, 3.63) is 23.8 Å². The van der Waals surface area contributed by atoms with Gasteiger partial charge in [-0.05, 0) is 32.0 Å². The second kappa shape index (κ2) is 5.93. The molecule has 0 radical (unpaired) electrons. The summed E-state index contributed by atoms with van der Waals surface area (Å²) < 4.78 is 5.02. The van der Waals surface area contributed by atoms with Crippen LogP contribution in [0.25, 0.3) is 0 Å². The van der Waals surface area contributed by atoms with Crippen molar-refractivity contribution < 1.29 is 14.6 Å². The van der Waals surface area contributed by atoms with Crippen LogP contribution < -0.4 is 10.1 Å². The van der Waals surface area contributed by atoms with Gasteiger partial charge in [-0.3, -0.25) is 4.79 Å². The minimum absolute atomic E-state index is 0.0283. The Bertz CT molecular complexity index is 462. The molecule has 5 heteroatoms. The summed E-state index contributed by atoms with van der Waals surface area (Å²) in [4.78, 5) is 14.3. The monoisotopic (exact) mass is 264 g/mol. The highest BCUT2D eigenvalue weighted by molar-refractivity contribution is 5.97. The van der Waals surface area contributed by atoms with Crippen LogP contribution in [0.15, 0.2) is 18.2 Å². The maximum atomic E-state index is 12.4. The Hall–Kier alpha value is -1.75. The molecule has 2 rings (SSSR count). The number of amides is 1. The minimum Gasteiger partial charge on any atom is -0.507 e. The van der Waals surface area contributed by atoms with Crippen LogP contribution >= 0.6 is 0 Å². The number of carbonyl (C=O) groups is 1. The number of methoxy groups -OCH3 is 1. The lowest BCUT2D eigenvalue weighted by Gasteiger charge is -2.25.